The molecule has 0 aromatic carbocycles. The van der Waals surface area contributed by atoms with E-state index in [0.29, 0.717) is 12.0 Å². The first-order chi connectivity index (χ1) is 12.5. The Morgan fingerprint density at radius 2 is 2.08 bits per heavy atom. The molecule has 0 atom stereocenters. The summed E-state index contributed by atoms with van der Waals surface area (Å²) in [6.45, 7) is 2.05. The third-order valence-corrected chi connectivity index (χ3v) is 3.98. The fourth-order valence-corrected chi connectivity index (χ4v) is 2.37. The van der Waals surface area contributed by atoms with Gasteiger partial charge in [-0.3, -0.25) is 19.4 Å². The van der Waals surface area contributed by atoms with Crippen molar-refractivity contribution in [2.75, 3.05) is 14.1 Å². The first-order valence-electron chi connectivity index (χ1n) is 8.50. The maximum absolute atomic E-state index is 12.3. The highest BCUT2D eigenvalue weighted by Crippen LogP contribution is 2.17. The Morgan fingerprint density at radius 1 is 1.35 bits per heavy atom. The van der Waals surface area contributed by atoms with Crippen molar-refractivity contribution in [2.45, 2.75) is 32.4 Å². The van der Waals surface area contributed by atoms with E-state index < -0.39 is 11.5 Å². The van der Waals surface area contributed by atoms with E-state index in [4.69, 9.17) is 0 Å². The van der Waals surface area contributed by atoms with Crippen LogP contribution in [0.25, 0.3) is 0 Å². The summed E-state index contributed by atoms with van der Waals surface area (Å²) in [4.78, 5) is 39.3. The van der Waals surface area contributed by atoms with Crippen LogP contribution in [0, 0.1) is 6.92 Å². The monoisotopic (exact) mass is 356 g/mol. The molecule has 0 radical (unpaired) electrons. The van der Waals surface area contributed by atoms with E-state index in [9.17, 15) is 14.4 Å². The van der Waals surface area contributed by atoms with Crippen molar-refractivity contribution >= 4 is 12.2 Å². The van der Waals surface area contributed by atoms with E-state index in [0.717, 1.165) is 11.7 Å². The molecule has 0 aliphatic heterocycles. The lowest BCUT2D eigenvalue weighted by atomic mass is 10.2. The summed E-state index contributed by atoms with van der Waals surface area (Å²) in [5.41, 5.74) is 1.26. The minimum Gasteiger partial charge on any atom is -0.355 e. The van der Waals surface area contributed by atoms with E-state index >= 15 is 0 Å². The molecule has 2 N–H and O–H groups in total. The molecule has 2 aromatic rings. The van der Waals surface area contributed by atoms with Crippen molar-refractivity contribution < 1.29 is 9.59 Å². The van der Waals surface area contributed by atoms with Crippen LogP contribution in [0.3, 0.4) is 0 Å². The van der Waals surface area contributed by atoms with Crippen molar-refractivity contribution in [3.63, 3.8) is 0 Å². The van der Waals surface area contributed by atoms with E-state index in [2.05, 4.69) is 15.6 Å². The second-order valence-electron chi connectivity index (χ2n) is 6.15. The van der Waals surface area contributed by atoms with Gasteiger partial charge in [-0.25, -0.2) is 0 Å². The molecule has 0 bridgehead atoms. The first-order valence-corrected chi connectivity index (χ1v) is 8.50. The van der Waals surface area contributed by atoms with Crippen LogP contribution in [0.2, 0.25) is 0 Å². The van der Waals surface area contributed by atoms with Gasteiger partial charge in [0.05, 0.1) is 12.2 Å². The summed E-state index contributed by atoms with van der Waals surface area (Å²) < 4.78 is 1.32. The molecule has 1 aliphatic carbocycles. The number of carbonyl (C=O) groups excluding carboxylic acids is 2. The zero-order valence-electron chi connectivity index (χ0n) is 15.3. The van der Waals surface area contributed by atoms with E-state index in [1.54, 1.807) is 6.07 Å². The summed E-state index contributed by atoms with van der Waals surface area (Å²) >= 11 is 0. The third-order valence-electron chi connectivity index (χ3n) is 3.98. The number of amides is 1. The van der Waals surface area contributed by atoms with Crippen LogP contribution in [0.1, 0.15) is 44.9 Å². The number of pyridine rings is 2. The topological polar surface area (TPSA) is 93.1 Å². The predicted molar refractivity (Wildman–Crippen MR) is 99.6 cm³/mol. The van der Waals surface area contributed by atoms with Gasteiger partial charge in [-0.05, 0) is 45.0 Å². The predicted octanol–water partition coefficient (Wildman–Crippen LogP) is 1.14. The van der Waals surface area contributed by atoms with Crippen LogP contribution in [0.4, 0.5) is 0 Å². The highest BCUT2D eigenvalue weighted by Gasteiger charge is 2.17. The van der Waals surface area contributed by atoms with E-state index in [1.165, 1.54) is 36.7 Å². The molecule has 1 amide bonds. The summed E-state index contributed by atoms with van der Waals surface area (Å²) in [5.74, 6) is -0.519. The minimum atomic E-state index is -0.519. The van der Waals surface area contributed by atoms with Crippen molar-refractivity contribution in [3.8, 4) is 0 Å². The molecule has 7 nitrogen and oxygen atoms in total. The number of rotatable bonds is 5. The number of carbonyl (C=O) groups is 2. The van der Waals surface area contributed by atoms with Gasteiger partial charge in [0.25, 0.3) is 11.5 Å². The molecule has 1 aliphatic rings. The number of hydrogen-bond donors (Lipinski definition) is 2. The Bertz CT molecular complexity index is 841. The average molecular weight is 356 g/mol. The minimum absolute atomic E-state index is 0.0604. The highest BCUT2D eigenvalue weighted by molar-refractivity contribution is 5.95. The van der Waals surface area contributed by atoms with Crippen molar-refractivity contribution in [1.29, 1.82) is 0 Å². The second kappa shape index (κ2) is 9.05. The lowest BCUT2D eigenvalue weighted by Crippen LogP contribution is -2.32. The van der Waals surface area contributed by atoms with Crippen LogP contribution in [-0.4, -0.2) is 41.9 Å². The number of aryl methyl sites for hydroxylation is 1. The maximum Gasteiger partial charge on any atom is 0.263 e. The molecule has 138 valence electrons. The van der Waals surface area contributed by atoms with Gasteiger partial charge in [-0.1, -0.05) is 6.07 Å². The van der Waals surface area contributed by atoms with Gasteiger partial charge in [0.15, 0.2) is 6.29 Å². The molecule has 26 heavy (non-hydrogen) atoms. The quantitative estimate of drug-likeness (QED) is 0.784. The van der Waals surface area contributed by atoms with Crippen LogP contribution in [-0.2, 0) is 6.54 Å². The zero-order valence-corrected chi connectivity index (χ0v) is 15.3. The van der Waals surface area contributed by atoms with Crippen LogP contribution < -0.4 is 16.2 Å². The van der Waals surface area contributed by atoms with Gasteiger partial charge in [-0.2, -0.15) is 0 Å². The van der Waals surface area contributed by atoms with Crippen molar-refractivity contribution in [1.82, 2.24) is 20.2 Å². The normalized spacial score (nSPS) is 12.7. The number of hydrogen-bond acceptors (Lipinski definition) is 5. The second-order valence-corrected chi connectivity index (χ2v) is 6.15. The summed E-state index contributed by atoms with van der Waals surface area (Å²) in [7, 11) is 3.44. The third kappa shape index (κ3) is 5.35. The van der Waals surface area contributed by atoms with E-state index in [1.807, 2.05) is 26.1 Å². The number of nitrogens with zero attached hydrogens (tertiary/aromatic N) is 2. The molecule has 0 spiro atoms. The number of aromatic nitrogens is 2. The molecule has 2 heterocycles. The Balaban J connectivity index is 0.000000417. The van der Waals surface area contributed by atoms with Crippen LogP contribution in [0.5, 0.6) is 0 Å². The number of nitrogens with one attached hydrogen (secondary N) is 2. The van der Waals surface area contributed by atoms with Gasteiger partial charge >= 0.3 is 0 Å². The highest BCUT2D eigenvalue weighted by atomic mass is 16.2. The van der Waals surface area contributed by atoms with E-state index in [-0.39, 0.29) is 17.7 Å². The van der Waals surface area contributed by atoms with Crippen molar-refractivity contribution in [2.24, 2.45) is 0 Å². The summed E-state index contributed by atoms with van der Waals surface area (Å²) in [6, 6.07) is 7.65. The van der Waals surface area contributed by atoms with Crippen LogP contribution in [0.15, 0.2) is 35.3 Å². The Morgan fingerprint density at radius 3 is 2.58 bits per heavy atom. The maximum atomic E-state index is 12.3. The molecule has 1 fully saturated rings. The smallest absolute Gasteiger partial charge is 0.263 e. The molecular formula is C19H24N4O3. The molecule has 0 unspecified atom stereocenters. The fourth-order valence-electron chi connectivity index (χ4n) is 2.37. The number of aldehydes is 1. The molecule has 0 saturated heterocycles. The lowest BCUT2D eigenvalue weighted by Gasteiger charge is -2.09. The summed E-state index contributed by atoms with van der Waals surface area (Å²) in [5, 5.41) is 5.53. The fraction of sp³-hybridized carbons (Fsp3) is 0.368. The SMILES string of the molecule is CNC(=O)c1cc(C=O)cn(Cc2cccc(C)n2)c1=O.CNC1CC1. The average Bonchev–Trinajstić information content (AvgIpc) is 3.48. The van der Waals surface area contributed by atoms with Gasteiger partial charge in [0.2, 0.25) is 0 Å². The van der Waals surface area contributed by atoms with Crippen LogP contribution >= 0.6 is 0 Å². The zero-order chi connectivity index (χ0) is 19.1. The Labute approximate surface area is 152 Å². The Kier molecular flexibility index (Phi) is 6.80. The first kappa shape index (κ1) is 19.5. The molecule has 7 heteroatoms. The molecule has 2 aromatic heterocycles. The largest absolute Gasteiger partial charge is 0.355 e. The standard InChI is InChI=1S/C15H15N3O3.C4H9N/c1-10-4-3-5-12(17-10)8-18-7-11(9-19)6-13(15(18)21)14(20)16-2;1-5-4-2-3-4/h3-7,9H,8H2,1-2H3,(H,16,20);4-5H,2-3H2,1H3. The molecular weight excluding hydrogens is 332 g/mol. The van der Waals surface area contributed by atoms with Crippen molar-refractivity contribution in [3.05, 3.63) is 63.3 Å². The van der Waals surface area contributed by atoms with Gasteiger partial charge in [0, 0.05) is 30.5 Å². The van der Waals surface area contributed by atoms with Gasteiger partial charge in [-0.15, -0.1) is 0 Å². The van der Waals surface area contributed by atoms with Gasteiger partial charge < -0.3 is 15.2 Å². The Hall–Kier alpha value is -2.80. The molecule has 3 rings (SSSR count). The lowest BCUT2D eigenvalue weighted by molar-refractivity contribution is 0.0961. The molecule has 1 saturated carbocycles. The summed E-state index contributed by atoms with van der Waals surface area (Å²) in [6.07, 6.45) is 4.82. The van der Waals surface area contributed by atoms with Gasteiger partial charge in [0.1, 0.15) is 5.56 Å².